The van der Waals surface area contributed by atoms with E-state index in [0.717, 1.165) is 37.6 Å². The predicted molar refractivity (Wildman–Crippen MR) is 74.2 cm³/mol. The Morgan fingerprint density at radius 2 is 2.28 bits per heavy atom. The minimum Gasteiger partial charge on any atom is -0.485 e. The summed E-state index contributed by atoms with van der Waals surface area (Å²) in [5.41, 5.74) is 2.63. The second-order valence-electron chi connectivity index (χ2n) is 5.18. The van der Waals surface area contributed by atoms with Gasteiger partial charge in [-0.25, -0.2) is 0 Å². The Kier molecular flexibility index (Phi) is 3.24. The molecule has 1 atom stereocenters. The van der Waals surface area contributed by atoms with Crippen molar-refractivity contribution in [3.05, 3.63) is 35.9 Å². The molecule has 1 aromatic rings. The molecule has 0 spiro atoms. The number of anilines is 1. The molecule has 3 rings (SSSR count). The molecule has 96 valence electrons. The van der Waals surface area contributed by atoms with Crippen molar-refractivity contribution in [1.29, 1.82) is 0 Å². The zero-order chi connectivity index (χ0) is 12.4. The molecule has 18 heavy (non-hydrogen) atoms. The van der Waals surface area contributed by atoms with Gasteiger partial charge in [-0.1, -0.05) is 23.8 Å². The lowest BCUT2D eigenvalue weighted by molar-refractivity contribution is 0.141. The Hall–Kier alpha value is -1.48. The summed E-state index contributed by atoms with van der Waals surface area (Å²) in [6, 6.07) is 8.16. The van der Waals surface area contributed by atoms with E-state index in [1.807, 2.05) is 18.2 Å². The molecule has 3 nitrogen and oxygen atoms in total. The van der Waals surface area contributed by atoms with Gasteiger partial charge < -0.3 is 10.1 Å². The second kappa shape index (κ2) is 5.02. The van der Waals surface area contributed by atoms with Crippen LogP contribution in [0.5, 0.6) is 5.75 Å². The van der Waals surface area contributed by atoms with Crippen LogP contribution >= 0.6 is 0 Å². The van der Waals surface area contributed by atoms with Crippen molar-refractivity contribution in [2.75, 3.05) is 31.5 Å². The van der Waals surface area contributed by atoms with Crippen molar-refractivity contribution >= 4 is 5.69 Å². The first-order valence-corrected chi connectivity index (χ1v) is 6.69. The number of hydrogen-bond donors (Lipinski definition) is 1. The van der Waals surface area contributed by atoms with Gasteiger partial charge in [0.2, 0.25) is 0 Å². The maximum Gasteiger partial charge on any atom is 0.142 e. The molecule has 1 N–H and O–H groups in total. The van der Waals surface area contributed by atoms with Crippen LogP contribution in [-0.4, -0.2) is 37.2 Å². The number of ether oxygens (including phenoxy) is 1. The summed E-state index contributed by atoms with van der Waals surface area (Å²) in [6.07, 6.45) is 3.77. The SMILES string of the molecule is CC1=CCN(CC2CNc3ccccc3O2)CC1. The molecule has 2 aliphatic heterocycles. The van der Waals surface area contributed by atoms with E-state index in [0.29, 0.717) is 0 Å². The molecule has 0 radical (unpaired) electrons. The van der Waals surface area contributed by atoms with Gasteiger partial charge >= 0.3 is 0 Å². The van der Waals surface area contributed by atoms with E-state index in [9.17, 15) is 0 Å². The van der Waals surface area contributed by atoms with Crippen molar-refractivity contribution in [3.8, 4) is 5.75 Å². The van der Waals surface area contributed by atoms with Gasteiger partial charge in [-0.2, -0.15) is 0 Å². The molecule has 1 aromatic carbocycles. The Morgan fingerprint density at radius 3 is 3.11 bits per heavy atom. The summed E-state index contributed by atoms with van der Waals surface area (Å²) in [4.78, 5) is 2.47. The first kappa shape index (κ1) is 11.6. The van der Waals surface area contributed by atoms with Crippen molar-refractivity contribution in [3.63, 3.8) is 0 Å². The number of nitrogens with zero attached hydrogens (tertiary/aromatic N) is 1. The summed E-state index contributed by atoms with van der Waals surface area (Å²) in [5.74, 6) is 0.984. The smallest absolute Gasteiger partial charge is 0.142 e. The molecular weight excluding hydrogens is 224 g/mol. The first-order valence-electron chi connectivity index (χ1n) is 6.69. The summed E-state index contributed by atoms with van der Waals surface area (Å²) in [7, 11) is 0. The van der Waals surface area contributed by atoms with E-state index < -0.39 is 0 Å². The lowest BCUT2D eigenvalue weighted by Gasteiger charge is -2.33. The zero-order valence-corrected chi connectivity index (χ0v) is 10.9. The van der Waals surface area contributed by atoms with Gasteiger partial charge in [0.1, 0.15) is 11.9 Å². The van der Waals surface area contributed by atoms with Crippen molar-refractivity contribution in [2.24, 2.45) is 0 Å². The third-order valence-electron chi connectivity index (χ3n) is 3.68. The third kappa shape index (κ3) is 2.51. The molecule has 3 heteroatoms. The lowest BCUT2D eigenvalue weighted by Crippen LogP contribution is -2.43. The summed E-state index contributed by atoms with van der Waals surface area (Å²) >= 11 is 0. The molecule has 2 aliphatic rings. The molecule has 2 heterocycles. The van der Waals surface area contributed by atoms with Crippen LogP contribution in [0.4, 0.5) is 5.69 Å². The molecule has 0 fully saturated rings. The van der Waals surface area contributed by atoms with Crippen LogP contribution in [0, 0.1) is 0 Å². The molecule has 0 saturated heterocycles. The number of hydrogen-bond acceptors (Lipinski definition) is 3. The van der Waals surface area contributed by atoms with Gasteiger partial charge in [0.25, 0.3) is 0 Å². The quantitative estimate of drug-likeness (QED) is 0.809. The topological polar surface area (TPSA) is 24.5 Å². The van der Waals surface area contributed by atoms with Crippen LogP contribution in [-0.2, 0) is 0 Å². The predicted octanol–water partition coefficient (Wildman–Crippen LogP) is 2.51. The molecule has 0 saturated carbocycles. The summed E-state index contributed by atoms with van der Waals surface area (Å²) < 4.78 is 6.04. The molecule has 0 aromatic heterocycles. The van der Waals surface area contributed by atoms with Crippen LogP contribution < -0.4 is 10.1 Å². The normalized spacial score (nSPS) is 23.6. The minimum atomic E-state index is 0.256. The number of fused-ring (bicyclic) bond motifs is 1. The van der Waals surface area contributed by atoms with E-state index in [1.54, 1.807) is 0 Å². The van der Waals surface area contributed by atoms with Gasteiger partial charge in [-0.3, -0.25) is 4.90 Å². The van der Waals surface area contributed by atoms with E-state index in [1.165, 1.54) is 12.0 Å². The Morgan fingerprint density at radius 1 is 1.39 bits per heavy atom. The van der Waals surface area contributed by atoms with Crippen LogP contribution in [0.25, 0.3) is 0 Å². The maximum absolute atomic E-state index is 6.04. The van der Waals surface area contributed by atoms with Gasteiger partial charge in [-0.15, -0.1) is 0 Å². The van der Waals surface area contributed by atoms with Gasteiger partial charge in [0.15, 0.2) is 0 Å². The van der Waals surface area contributed by atoms with Crippen LogP contribution in [0.2, 0.25) is 0 Å². The van der Waals surface area contributed by atoms with Crippen LogP contribution in [0.15, 0.2) is 35.9 Å². The zero-order valence-electron chi connectivity index (χ0n) is 10.9. The average Bonchev–Trinajstić information content (AvgIpc) is 2.41. The van der Waals surface area contributed by atoms with Crippen LogP contribution in [0.1, 0.15) is 13.3 Å². The highest BCUT2D eigenvalue weighted by molar-refractivity contribution is 5.57. The van der Waals surface area contributed by atoms with E-state index in [2.05, 4.69) is 29.3 Å². The standard InChI is InChI=1S/C15H20N2O/c1-12-6-8-17(9-7-12)11-13-10-16-14-4-2-3-5-15(14)18-13/h2-6,13,16H,7-11H2,1H3. The highest BCUT2D eigenvalue weighted by atomic mass is 16.5. The molecular formula is C15H20N2O. The van der Waals surface area contributed by atoms with Crippen LogP contribution in [0.3, 0.4) is 0 Å². The number of nitrogens with one attached hydrogen (secondary N) is 1. The number of benzene rings is 1. The van der Waals surface area contributed by atoms with Crippen molar-refractivity contribution in [1.82, 2.24) is 4.90 Å². The first-order chi connectivity index (χ1) is 8.81. The Bertz CT molecular complexity index is 456. The van der Waals surface area contributed by atoms with Crippen molar-refractivity contribution < 1.29 is 4.74 Å². The highest BCUT2D eigenvalue weighted by Gasteiger charge is 2.21. The third-order valence-corrected chi connectivity index (χ3v) is 3.68. The Balaban J connectivity index is 1.60. The average molecular weight is 244 g/mol. The second-order valence-corrected chi connectivity index (χ2v) is 5.18. The number of para-hydroxylation sites is 2. The van der Waals surface area contributed by atoms with E-state index in [-0.39, 0.29) is 6.10 Å². The highest BCUT2D eigenvalue weighted by Crippen LogP contribution is 2.28. The fourth-order valence-electron chi connectivity index (χ4n) is 2.53. The fourth-order valence-corrected chi connectivity index (χ4v) is 2.53. The van der Waals surface area contributed by atoms with Crippen molar-refractivity contribution in [2.45, 2.75) is 19.4 Å². The van der Waals surface area contributed by atoms with E-state index in [4.69, 9.17) is 4.74 Å². The molecule has 0 bridgehead atoms. The maximum atomic E-state index is 6.04. The molecule has 0 amide bonds. The molecule has 0 aliphatic carbocycles. The van der Waals surface area contributed by atoms with Gasteiger partial charge in [-0.05, 0) is 25.5 Å². The minimum absolute atomic E-state index is 0.256. The Labute approximate surface area is 108 Å². The lowest BCUT2D eigenvalue weighted by atomic mass is 10.1. The molecule has 1 unspecified atom stereocenters. The monoisotopic (exact) mass is 244 g/mol. The summed E-state index contributed by atoms with van der Waals surface area (Å²) in [5, 5.41) is 3.44. The largest absolute Gasteiger partial charge is 0.485 e. The summed E-state index contributed by atoms with van der Waals surface area (Å²) in [6.45, 7) is 6.34. The fraction of sp³-hybridized carbons (Fsp3) is 0.467. The van der Waals surface area contributed by atoms with E-state index >= 15 is 0 Å². The van der Waals surface area contributed by atoms with Gasteiger partial charge in [0, 0.05) is 19.6 Å². The van der Waals surface area contributed by atoms with Gasteiger partial charge in [0.05, 0.1) is 12.2 Å². The number of rotatable bonds is 2.